The van der Waals surface area contributed by atoms with E-state index in [4.69, 9.17) is 4.74 Å². The van der Waals surface area contributed by atoms with Crippen molar-refractivity contribution < 1.29 is 4.74 Å². The van der Waals surface area contributed by atoms with Crippen molar-refractivity contribution in [3.63, 3.8) is 0 Å². The second kappa shape index (κ2) is 2.87. The molecule has 1 aromatic carbocycles. The maximum absolute atomic E-state index is 5.63. The molecule has 14 heavy (non-hydrogen) atoms. The zero-order valence-corrected chi connectivity index (χ0v) is 7.68. The van der Waals surface area contributed by atoms with Crippen LogP contribution in [-0.2, 0) is 6.42 Å². The molecule has 0 radical (unpaired) electrons. The maximum Gasteiger partial charge on any atom is 0.143 e. The SMILES string of the molecule is c1ccc2c(c1)OCCc1nccn1-2. The van der Waals surface area contributed by atoms with Crippen LogP contribution < -0.4 is 4.74 Å². The van der Waals surface area contributed by atoms with Gasteiger partial charge in [-0.1, -0.05) is 12.1 Å². The molecule has 1 aliphatic heterocycles. The summed E-state index contributed by atoms with van der Waals surface area (Å²) in [7, 11) is 0. The number of nitrogens with zero attached hydrogens (tertiary/aromatic N) is 2. The predicted octanol–water partition coefficient (Wildman–Crippen LogP) is 1.81. The highest BCUT2D eigenvalue weighted by Crippen LogP contribution is 2.26. The fourth-order valence-corrected chi connectivity index (χ4v) is 1.77. The van der Waals surface area contributed by atoms with Gasteiger partial charge in [-0.3, -0.25) is 0 Å². The standard InChI is InChI=1S/C11H10N2O/c1-2-4-10-9(3-1)13-7-6-12-11(13)5-8-14-10/h1-4,6-7H,5,8H2. The van der Waals surface area contributed by atoms with Gasteiger partial charge in [0.2, 0.25) is 0 Å². The van der Waals surface area contributed by atoms with Gasteiger partial charge in [-0.25, -0.2) is 4.98 Å². The van der Waals surface area contributed by atoms with Crippen LogP contribution in [0.15, 0.2) is 36.7 Å². The molecular weight excluding hydrogens is 176 g/mol. The number of hydrogen-bond acceptors (Lipinski definition) is 2. The van der Waals surface area contributed by atoms with Crippen LogP contribution in [0.2, 0.25) is 0 Å². The van der Waals surface area contributed by atoms with Gasteiger partial charge in [0.1, 0.15) is 11.6 Å². The van der Waals surface area contributed by atoms with E-state index in [0.717, 1.165) is 23.7 Å². The summed E-state index contributed by atoms with van der Waals surface area (Å²) in [6, 6.07) is 8.04. The van der Waals surface area contributed by atoms with Gasteiger partial charge < -0.3 is 9.30 Å². The summed E-state index contributed by atoms with van der Waals surface area (Å²) in [6.07, 6.45) is 4.67. The molecule has 1 aliphatic rings. The summed E-state index contributed by atoms with van der Waals surface area (Å²) in [5.74, 6) is 2.00. The third-order valence-electron chi connectivity index (χ3n) is 2.43. The lowest BCUT2D eigenvalue weighted by atomic mass is 10.3. The molecule has 0 spiro atoms. The minimum Gasteiger partial charge on any atom is -0.491 e. The number of rotatable bonds is 0. The van der Waals surface area contributed by atoms with Crippen molar-refractivity contribution in [2.45, 2.75) is 6.42 Å². The maximum atomic E-state index is 5.63. The Kier molecular flexibility index (Phi) is 1.56. The summed E-state index contributed by atoms with van der Waals surface area (Å²) >= 11 is 0. The van der Waals surface area contributed by atoms with Crippen LogP contribution in [0.1, 0.15) is 5.82 Å². The molecule has 0 amide bonds. The molecule has 0 unspecified atom stereocenters. The molecule has 70 valence electrons. The van der Waals surface area contributed by atoms with E-state index in [-0.39, 0.29) is 0 Å². The van der Waals surface area contributed by atoms with Crippen molar-refractivity contribution in [3.05, 3.63) is 42.5 Å². The highest BCUT2D eigenvalue weighted by atomic mass is 16.5. The third-order valence-corrected chi connectivity index (χ3v) is 2.43. The van der Waals surface area contributed by atoms with Crippen molar-refractivity contribution in [1.29, 1.82) is 0 Å². The Hall–Kier alpha value is -1.77. The monoisotopic (exact) mass is 186 g/mol. The molecule has 0 saturated carbocycles. The third kappa shape index (κ3) is 1.02. The number of benzene rings is 1. The van der Waals surface area contributed by atoms with Crippen molar-refractivity contribution in [2.24, 2.45) is 0 Å². The smallest absolute Gasteiger partial charge is 0.143 e. The van der Waals surface area contributed by atoms with E-state index in [1.807, 2.05) is 36.7 Å². The fourth-order valence-electron chi connectivity index (χ4n) is 1.77. The highest BCUT2D eigenvalue weighted by molar-refractivity contribution is 5.48. The number of imidazole rings is 1. The normalized spacial score (nSPS) is 13.7. The van der Waals surface area contributed by atoms with Crippen LogP contribution in [-0.4, -0.2) is 16.2 Å². The van der Waals surface area contributed by atoms with E-state index >= 15 is 0 Å². The van der Waals surface area contributed by atoms with Gasteiger partial charge in [0.15, 0.2) is 0 Å². The van der Waals surface area contributed by atoms with Gasteiger partial charge >= 0.3 is 0 Å². The molecule has 3 nitrogen and oxygen atoms in total. The molecule has 0 aliphatic carbocycles. The molecule has 3 heteroatoms. The summed E-state index contributed by atoms with van der Waals surface area (Å²) in [5, 5.41) is 0. The Bertz CT molecular complexity index is 462. The van der Waals surface area contributed by atoms with Gasteiger partial charge in [-0.05, 0) is 12.1 Å². The van der Waals surface area contributed by atoms with Crippen LogP contribution in [0.25, 0.3) is 5.69 Å². The molecule has 0 bridgehead atoms. The molecule has 1 aromatic heterocycles. The first-order chi connectivity index (χ1) is 6.95. The second-order valence-electron chi connectivity index (χ2n) is 3.28. The van der Waals surface area contributed by atoms with Gasteiger partial charge in [-0.15, -0.1) is 0 Å². The van der Waals surface area contributed by atoms with E-state index in [0.29, 0.717) is 6.61 Å². The molecule has 0 saturated heterocycles. The van der Waals surface area contributed by atoms with Gasteiger partial charge in [0, 0.05) is 18.8 Å². The van der Waals surface area contributed by atoms with E-state index in [1.165, 1.54) is 0 Å². The predicted molar refractivity (Wildman–Crippen MR) is 52.8 cm³/mol. The average molecular weight is 186 g/mol. The first-order valence-corrected chi connectivity index (χ1v) is 4.69. The number of aromatic nitrogens is 2. The Morgan fingerprint density at radius 2 is 2.21 bits per heavy atom. The topological polar surface area (TPSA) is 27.1 Å². The van der Waals surface area contributed by atoms with Gasteiger partial charge in [0.25, 0.3) is 0 Å². The van der Waals surface area contributed by atoms with Crippen molar-refractivity contribution in [1.82, 2.24) is 9.55 Å². The molecule has 0 N–H and O–H groups in total. The summed E-state index contributed by atoms with van der Waals surface area (Å²) in [5.41, 5.74) is 1.08. The Balaban J connectivity index is 2.27. The summed E-state index contributed by atoms with van der Waals surface area (Å²) in [4.78, 5) is 4.30. The van der Waals surface area contributed by atoms with Crippen LogP contribution in [0.4, 0.5) is 0 Å². The molecule has 0 atom stereocenters. The van der Waals surface area contributed by atoms with E-state index in [2.05, 4.69) is 9.55 Å². The number of fused-ring (bicyclic) bond motifs is 3. The second-order valence-corrected chi connectivity index (χ2v) is 3.28. The number of hydrogen-bond donors (Lipinski definition) is 0. The van der Waals surface area contributed by atoms with Crippen molar-refractivity contribution in [2.75, 3.05) is 6.61 Å². The molecule has 2 heterocycles. The van der Waals surface area contributed by atoms with Gasteiger partial charge in [0.05, 0.1) is 12.3 Å². The van der Waals surface area contributed by atoms with E-state index in [1.54, 1.807) is 0 Å². The van der Waals surface area contributed by atoms with Crippen LogP contribution >= 0.6 is 0 Å². The zero-order chi connectivity index (χ0) is 9.38. The number of para-hydroxylation sites is 2. The van der Waals surface area contributed by atoms with E-state index < -0.39 is 0 Å². The quantitative estimate of drug-likeness (QED) is 0.627. The largest absolute Gasteiger partial charge is 0.491 e. The summed E-state index contributed by atoms with van der Waals surface area (Å²) in [6.45, 7) is 0.702. The lowest BCUT2D eigenvalue weighted by Gasteiger charge is -2.07. The Labute approximate surface area is 82.0 Å². The lowest BCUT2D eigenvalue weighted by molar-refractivity contribution is 0.325. The van der Waals surface area contributed by atoms with Crippen molar-refractivity contribution >= 4 is 0 Å². The Morgan fingerprint density at radius 3 is 3.21 bits per heavy atom. The van der Waals surface area contributed by atoms with Crippen LogP contribution in [0.5, 0.6) is 5.75 Å². The Morgan fingerprint density at radius 1 is 1.29 bits per heavy atom. The molecular formula is C11H10N2O. The molecule has 0 fully saturated rings. The highest BCUT2D eigenvalue weighted by Gasteiger charge is 2.13. The fraction of sp³-hybridized carbons (Fsp3) is 0.182. The van der Waals surface area contributed by atoms with Crippen LogP contribution in [0, 0.1) is 0 Å². The van der Waals surface area contributed by atoms with E-state index in [9.17, 15) is 0 Å². The summed E-state index contributed by atoms with van der Waals surface area (Å²) < 4.78 is 7.71. The molecule has 3 rings (SSSR count). The lowest BCUT2D eigenvalue weighted by Crippen LogP contribution is -2.00. The molecule has 2 aromatic rings. The minimum absolute atomic E-state index is 0.702. The van der Waals surface area contributed by atoms with Gasteiger partial charge in [-0.2, -0.15) is 0 Å². The number of ether oxygens (including phenoxy) is 1. The van der Waals surface area contributed by atoms with Crippen molar-refractivity contribution in [3.8, 4) is 11.4 Å². The minimum atomic E-state index is 0.702. The zero-order valence-electron chi connectivity index (χ0n) is 7.68. The average Bonchev–Trinajstić information content (AvgIpc) is 2.61. The first kappa shape index (κ1) is 7.62. The first-order valence-electron chi connectivity index (χ1n) is 4.69. The van der Waals surface area contributed by atoms with Crippen LogP contribution in [0.3, 0.4) is 0 Å².